The number of aliphatic hydroxyl groups is 1. The third-order valence-corrected chi connectivity index (χ3v) is 1.55. The van der Waals surface area contributed by atoms with E-state index in [0.29, 0.717) is 13.0 Å². The molecule has 0 atom stereocenters. The highest BCUT2D eigenvalue weighted by Gasteiger charge is 2.15. The van der Waals surface area contributed by atoms with E-state index in [2.05, 4.69) is 5.32 Å². The molecule has 0 aliphatic heterocycles. The SMILES string of the molecule is CC(=O)CNC(C)(C)CCO. The van der Waals surface area contributed by atoms with Crippen LogP contribution in [0.5, 0.6) is 0 Å². The molecular formula is C8H17NO2. The Hall–Kier alpha value is -0.410. The first-order valence-corrected chi connectivity index (χ1v) is 3.83. The molecule has 0 aromatic heterocycles. The predicted molar refractivity (Wildman–Crippen MR) is 44.5 cm³/mol. The van der Waals surface area contributed by atoms with Crippen LogP contribution in [0.3, 0.4) is 0 Å². The summed E-state index contributed by atoms with van der Waals surface area (Å²) in [4.78, 5) is 10.6. The highest BCUT2D eigenvalue weighted by molar-refractivity contribution is 5.77. The van der Waals surface area contributed by atoms with Gasteiger partial charge in [-0.25, -0.2) is 0 Å². The van der Waals surface area contributed by atoms with E-state index in [0.717, 1.165) is 0 Å². The molecule has 2 N–H and O–H groups in total. The molecule has 0 aliphatic rings. The third-order valence-electron chi connectivity index (χ3n) is 1.55. The van der Waals surface area contributed by atoms with Gasteiger partial charge in [0.05, 0.1) is 6.54 Å². The van der Waals surface area contributed by atoms with E-state index >= 15 is 0 Å². The number of Topliss-reactive ketones (excluding diaryl/α,β-unsaturated/α-hetero) is 1. The smallest absolute Gasteiger partial charge is 0.143 e. The van der Waals surface area contributed by atoms with Gasteiger partial charge in [-0.15, -0.1) is 0 Å². The van der Waals surface area contributed by atoms with E-state index in [1.54, 1.807) is 6.92 Å². The van der Waals surface area contributed by atoms with Crippen molar-refractivity contribution in [2.75, 3.05) is 13.2 Å². The number of carbonyl (C=O) groups excluding carboxylic acids is 1. The van der Waals surface area contributed by atoms with Gasteiger partial charge in [-0.2, -0.15) is 0 Å². The average Bonchev–Trinajstić information content (AvgIpc) is 1.84. The molecule has 0 bridgehead atoms. The van der Waals surface area contributed by atoms with Gasteiger partial charge in [-0.3, -0.25) is 4.79 Å². The molecule has 66 valence electrons. The summed E-state index contributed by atoms with van der Waals surface area (Å²) >= 11 is 0. The van der Waals surface area contributed by atoms with Crippen LogP contribution in [-0.4, -0.2) is 29.6 Å². The zero-order valence-electron chi connectivity index (χ0n) is 7.48. The number of carbonyl (C=O) groups is 1. The summed E-state index contributed by atoms with van der Waals surface area (Å²) in [6.07, 6.45) is 0.667. The lowest BCUT2D eigenvalue weighted by atomic mass is 10.0. The highest BCUT2D eigenvalue weighted by atomic mass is 16.3. The lowest BCUT2D eigenvalue weighted by Crippen LogP contribution is -2.42. The maximum atomic E-state index is 10.6. The van der Waals surface area contributed by atoms with Crippen molar-refractivity contribution in [3.05, 3.63) is 0 Å². The zero-order chi connectivity index (χ0) is 8.91. The van der Waals surface area contributed by atoms with Crippen molar-refractivity contribution in [3.63, 3.8) is 0 Å². The summed E-state index contributed by atoms with van der Waals surface area (Å²) in [5, 5.41) is 11.7. The van der Waals surface area contributed by atoms with Crippen molar-refractivity contribution in [2.24, 2.45) is 0 Å². The first-order valence-electron chi connectivity index (χ1n) is 3.83. The van der Waals surface area contributed by atoms with Gasteiger partial charge in [0.2, 0.25) is 0 Å². The molecule has 0 amide bonds. The Labute approximate surface area is 67.8 Å². The van der Waals surface area contributed by atoms with E-state index in [9.17, 15) is 4.79 Å². The Morgan fingerprint density at radius 1 is 1.55 bits per heavy atom. The molecule has 0 saturated heterocycles. The van der Waals surface area contributed by atoms with Gasteiger partial charge >= 0.3 is 0 Å². The molecule has 0 spiro atoms. The predicted octanol–water partition coefficient (Wildman–Crippen LogP) is 0.326. The minimum atomic E-state index is -0.138. The second kappa shape index (κ2) is 4.46. The molecule has 0 aliphatic carbocycles. The van der Waals surface area contributed by atoms with Crippen molar-refractivity contribution < 1.29 is 9.90 Å². The van der Waals surface area contributed by atoms with Crippen LogP contribution in [0.15, 0.2) is 0 Å². The molecule has 3 heteroatoms. The van der Waals surface area contributed by atoms with Crippen molar-refractivity contribution in [2.45, 2.75) is 32.7 Å². The fraction of sp³-hybridized carbons (Fsp3) is 0.875. The van der Waals surface area contributed by atoms with E-state index in [-0.39, 0.29) is 17.9 Å². The van der Waals surface area contributed by atoms with Gasteiger partial charge in [0.15, 0.2) is 0 Å². The molecule has 0 fully saturated rings. The third kappa shape index (κ3) is 6.01. The molecule has 3 nitrogen and oxygen atoms in total. The van der Waals surface area contributed by atoms with Crippen molar-refractivity contribution >= 4 is 5.78 Å². The number of rotatable bonds is 5. The monoisotopic (exact) mass is 159 g/mol. The van der Waals surface area contributed by atoms with Crippen LogP contribution in [0.1, 0.15) is 27.2 Å². The average molecular weight is 159 g/mol. The van der Waals surface area contributed by atoms with Crippen LogP contribution < -0.4 is 5.32 Å². The van der Waals surface area contributed by atoms with Crippen molar-refractivity contribution in [3.8, 4) is 0 Å². The number of hydrogen-bond donors (Lipinski definition) is 2. The Bertz CT molecular complexity index is 132. The topological polar surface area (TPSA) is 49.3 Å². The first-order chi connectivity index (χ1) is 4.98. The largest absolute Gasteiger partial charge is 0.396 e. The Morgan fingerprint density at radius 2 is 2.09 bits per heavy atom. The zero-order valence-corrected chi connectivity index (χ0v) is 7.48. The molecular weight excluding hydrogens is 142 g/mol. The molecule has 0 aromatic rings. The lowest BCUT2D eigenvalue weighted by molar-refractivity contribution is -0.116. The van der Waals surface area contributed by atoms with Gasteiger partial charge in [0.1, 0.15) is 5.78 Å². The maximum absolute atomic E-state index is 10.6. The van der Waals surface area contributed by atoms with E-state index in [1.807, 2.05) is 13.8 Å². The Kier molecular flexibility index (Phi) is 4.30. The first kappa shape index (κ1) is 10.6. The maximum Gasteiger partial charge on any atom is 0.143 e. The summed E-state index contributed by atoms with van der Waals surface area (Å²) in [7, 11) is 0. The normalized spacial score (nSPS) is 11.6. The molecule has 0 unspecified atom stereocenters. The van der Waals surface area contributed by atoms with Crippen molar-refractivity contribution in [1.29, 1.82) is 0 Å². The molecule has 0 heterocycles. The van der Waals surface area contributed by atoms with E-state index in [1.165, 1.54) is 0 Å². The Balaban J connectivity index is 3.63. The van der Waals surface area contributed by atoms with E-state index < -0.39 is 0 Å². The lowest BCUT2D eigenvalue weighted by Gasteiger charge is -2.24. The van der Waals surface area contributed by atoms with Crippen LogP contribution in [0.2, 0.25) is 0 Å². The second-order valence-corrected chi connectivity index (χ2v) is 3.41. The Morgan fingerprint density at radius 3 is 2.45 bits per heavy atom. The minimum absolute atomic E-state index is 0.121. The van der Waals surface area contributed by atoms with Crippen LogP contribution in [0.25, 0.3) is 0 Å². The molecule has 0 saturated carbocycles. The number of hydrogen-bond acceptors (Lipinski definition) is 3. The number of nitrogens with one attached hydrogen (secondary N) is 1. The summed E-state index contributed by atoms with van der Waals surface area (Å²) in [5.74, 6) is 0.121. The molecule has 0 rings (SSSR count). The van der Waals surface area contributed by atoms with Gasteiger partial charge in [0, 0.05) is 12.1 Å². The molecule has 11 heavy (non-hydrogen) atoms. The second-order valence-electron chi connectivity index (χ2n) is 3.41. The van der Waals surface area contributed by atoms with Gasteiger partial charge in [-0.1, -0.05) is 0 Å². The van der Waals surface area contributed by atoms with Gasteiger partial charge in [0.25, 0.3) is 0 Å². The molecule has 0 aromatic carbocycles. The summed E-state index contributed by atoms with van der Waals surface area (Å²) in [6.45, 7) is 6.01. The summed E-state index contributed by atoms with van der Waals surface area (Å²) < 4.78 is 0. The summed E-state index contributed by atoms with van der Waals surface area (Å²) in [6, 6.07) is 0. The van der Waals surface area contributed by atoms with E-state index in [4.69, 9.17) is 5.11 Å². The number of aliphatic hydroxyl groups excluding tert-OH is 1. The number of ketones is 1. The quantitative estimate of drug-likeness (QED) is 0.607. The highest BCUT2D eigenvalue weighted by Crippen LogP contribution is 2.05. The fourth-order valence-corrected chi connectivity index (χ4v) is 0.732. The fourth-order valence-electron chi connectivity index (χ4n) is 0.732. The van der Waals surface area contributed by atoms with Crippen LogP contribution in [0.4, 0.5) is 0 Å². The van der Waals surface area contributed by atoms with Crippen molar-refractivity contribution in [1.82, 2.24) is 5.32 Å². The molecule has 0 radical (unpaired) electrons. The van der Waals surface area contributed by atoms with Gasteiger partial charge in [-0.05, 0) is 27.2 Å². The summed E-state index contributed by atoms with van der Waals surface area (Å²) in [5.41, 5.74) is -0.138. The van der Waals surface area contributed by atoms with Crippen LogP contribution in [0, 0.1) is 0 Å². The van der Waals surface area contributed by atoms with Crippen LogP contribution >= 0.6 is 0 Å². The standard InChI is InChI=1S/C8H17NO2/c1-7(11)6-9-8(2,3)4-5-10/h9-10H,4-6H2,1-3H3. The van der Waals surface area contributed by atoms with Gasteiger partial charge < -0.3 is 10.4 Å². The van der Waals surface area contributed by atoms with Crippen LogP contribution in [-0.2, 0) is 4.79 Å². The minimum Gasteiger partial charge on any atom is -0.396 e.